The first-order valence-electron chi connectivity index (χ1n) is 12.8. The van der Waals surface area contributed by atoms with Crippen LogP contribution in [0.2, 0.25) is 0 Å². The number of aliphatic hydroxyl groups is 1. The molecule has 10 nitrogen and oxygen atoms in total. The van der Waals surface area contributed by atoms with Crippen LogP contribution in [-0.4, -0.2) is 84.3 Å². The van der Waals surface area contributed by atoms with E-state index in [1.807, 2.05) is 52.3 Å². The number of H-pyrrole nitrogens is 1. The van der Waals surface area contributed by atoms with Crippen LogP contribution in [0.5, 0.6) is 0 Å². The predicted molar refractivity (Wildman–Crippen MR) is 160 cm³/mol. The zero-order chi connectivity index (χ0) is 29.4. The number of carbonyl (C=O) groups is 2. The molecule has 2 aromatic rings. The van der Waals surface area contributed by atoms with E-state index in [-0.39, 0.29) is 18.2 Å². The first-order chi connectivity index (χ1) is 18.7. The Morgan fingerprint density at radius 1 is 1.28 bits per heavy atom. The third-order valence-corrected chi connectivity index (χ3v) is 6.72. The number of anilines is 1. The van der Waals surface area contributed by atoms with Gasteiger partial charge in [0.15, 0.2) is 0 Å². The van der Waals surface area contributed by atoms with E-state index in [1.54, 1.807) is 4.90 Å². The molecule has 5 N–H and O–H groups in total. The molecule has 11 heteroatoms. The van der Waals surface area contributed by atoms with Crippen molar-refractivity contribution in [3.8, 4) is 18.9 Å². The van der Waals surface area contributed by atoms with Gasteiger partial charge in [-0.2, -0.15) is 5.26 Å². The highest BCUT2D eigenvalue weighted by atomic mass is 32.2. The van der Waals surface area contributed by atoms with Crippen LogP contribution in [0.1, 0.15) is 39.0 Å². The molecule has 1 aromatic heterocycles. The van der Waals surface area contributed by atoms with E-state index >= 15 is 0 Å². The summed E-state index contributed by atoms with van der Waals surface area (Å²) in [6.07, 6.45) is 9.26. The fourth-order valence-corrected chi connectivity index (χ4v) is 4.87. The van der Waals surface area contributed by atoms with E-state index in [4.69, 9.17) is 5.26 Å². The molecular formula is C28H41N7O3S. The van der Waals surface area contributed by atoms with Crippen LogP contribution < -0.4 is 16.0 Å². The minimum Gasteiger partial charge on any atom is -0.385 e. The molecule has 212 valence electrons. The fourth-order valence-electron chi connectivity index (χ4n) is 3.78. The molecule has 2 heterocycles. The number of thioether (sulfide) groups is 1. The largest absolute Gasteiger partial charge is 0.385 e. The quantitative estimate of drug-likeness (QED) is 0.162. The summed E-state index contributed by atoms with van der Waals surface area (Å²) in [4.78, 5) is 29.8. The molecule has 1 aliphatic rings. The molecule has 1 unspecified atom stereocenters. The summed E-state index contributed by atoms with van der Waals surface area (Å²) in [5, 5.41) is 30.0. The van der Waals surface area contributed by atoms with Crippen molar-refractivity contribution in [1.82, 2.24) is 25.4 Å². The maximum Gasteiger partial charge on any atom is 0.237 e. The smallest absolute Gasteiger partial charge is 0.237 e. The average molecular weight is 556 g/mol. The summed E-state index contributed by atoms with van der Waals surface area (Å²) in [7, 11) is 4.03. The van der Waals surface area contributed by atoms with Crippen molar-refractivity contribution in [3.05, 3.63) is 40.6 Å². The third-order valence-electron chi connectivity index (χ3n) is 5.59. The molecule has 39 heavy (non-hydrogen) atoms. The standard InChI is InChI=1S/C15H24N4O.C11H15N3O2S.C2H2/c1-4-16-11-5-6-12-13(10-18-14(12)9-11)15(20)17-7-8-19(2)3;1-3-13-9(15)5-8(6-12)11-14(4-2)10(16)7-17-11;1-2/h5-6,9-10,15-18,20H,4,7-8H2,1-3H3;3-5,7H2,1-2H3,(H,13,15);1-2H/b;11-8+;. The van der Waals surface area contributed by atoms with Crippen LogP contribution in [0.25, 0.3) is 10.9 Å². The zero-order valence-corrected chi connectivity index (χ0v) is 24.3. The van der Waals surface area contributed by atoms with Gasteiger partial charge in [0.1, 0.15) is 6.23 Å². The normalized spacial score (nSPS) is 14.6. The average Bonchev–Trinajstić information content (AvgIpc) is 3.51. The number of amides is 2. The van der Waals surface area contributed by atoms with Crippen molar-refractivity contribution < 1.29 is 14.7 Å². The van der Waals surface area contributed by atoms with Gasteiger partial charge >= 0.3 is 0 Å². The highest BCUT2D eigenvalue weighted by molar-refractivity contribution is 8.04. The lowest BCUT2D eigenvalue weighted by Crippen LogP contribution is -2.29. The van der Waals surface area contributed by atoms with Gasteiger partial charge in [-0.15, -0.1) is 12.8 Å². The van der Waals surface area contributed by atoms with Crippen LogP contribution in [-0.2, 0) is 9.59 Å². The van der Waals surface area contributed by atoms with Gasteiger partial charge in [0, 0.05) is 61.1 Å². The number of fused-ring (bicyclic) bond motifs is 1. The minimum atomic E-state index is -0.645. The second kappa shape index (κ2) is 17.9. The van der Waals surface area contributed by atoms with E-state index in [0.717, 1.165) is 41.8 Å². The first kappa shape index (κ1) is 33.5. The molecule has 1 fully saturated rings. The number of terminal acetylenes is 1. The van der Waals surface area contributed by atoms with Gasteiger partial charge in [0.05, 0.1) is 28.8 Å². The van der Waals surface area contributed by atoms with Gasteiger partial charge in [0.25, 0.3) is 0 Å². The number of nitrogens with one attached hydrogen (secondary N) is 4. The lowest BCUT2D eigenvalue weighted by atomic mass is 10.1. The summed E-state index contributed by atoms with van der Waals surface area (Å²) >= 11 is 1.33. The predicted octanol–water partition coefficient (Wildman–Crippen LogP) is 2.83. The number of nitrogens with zero attached hydrogens (tertiary/aromatic N) is 3. The second-order valence-electron chi connectivity index (χ2n) is 8.65. The number of hydrogen-bond donors (Lipinski definition) is 5. The van der Waals surface area contributed by atoms with Crippen molar-refractivity contribution in [1.29, 1.82) is 5.26 Å². The highest BCUT2D eigenvalue weighted by Crippen LogP contribution is 2.32. The third kappa shape index (κ3) is 10.3. The summed E-state index contributed by atoms with van der Waals surface area (Å²) < 4.78 is 0. The summed E-state index contributed by atoms with van der Waals surface area (Å²) in [5.74, 6) is 0.160. The molecule has 2 amide bonds. The maximum absolute atomic E-state index is 11.5. The Balaban J connectivity index is 0.000000371. The lowest BCUT2D eigenvalue weighted by Gasteiger charge is -2.15. The van der Waals surface area contributed by atoms with Crippen LogP contribution >= 0.6 is 11.8 Å². The van der Waals surface area contributed by atoms with E-state index in [2.05, 4.69) is 51.7 Å². The van der Waals surface area contributed by atoms with E-state index in [9.17, 15) is 14.7 Å². The molecule has 0 spiro atoms. The lowest BCUT2D eigenvalue weighted by molar-refractivity contribution is -0.125. The Morgan fingerprint density at radius 3 is 2.59 bits per heavy atom. The van der Waals surface area contributed by atoms with Crippen molar-refractivity contribution in [3.63, 3.8) is 0 Å². The van der Waals surface area contributed by atoms with Gasteiger partial charge < -0.3 is 30.5 Å². The molecule has 1 saturated heterocycles. The van der Waals surface area contributed by atoms with Crippen molar-refractivity contribution in [2.75, 3.05) is 57.9 Å². The van der Waals surface area contributed by atoms with Gasteiger partial charge in [-0.3, -0.25) is 14.9 Å². The molecule has 3 rings (SSSR count). The number of nitriles is 1. The van der Waals surface area contributed by atoms with Crippen LogP contribution in [0.3, 0.4) is 0 Å². The van der Waals surface area contributed by atoms with Crippen LogP contribution in [0.15, 0.2) is 35.0 Å². The number of likely N-dealkylation sites (N-methyl/N-ethyl adjacent to an activating group) is 1. The topological polar surface area (TPSA) is 137 Å². The number of carbonyl (C=O) groups excluding carboxylic acids is 2. The monoisotopic (exact) mass is 555 g/mol. The van der Waals surface area contributed by atoms with E-state index < -0.39 is 6.23 Å². The molecule has 0 saturated carbocycles. The van der Waals surface area contributed by atoms with Crippen molar-refractivity contribution >= 4 is 40.2 Å². The molecule has 1 aliphatic heterocycles. The molecule has 1 atom stereocenters. The Bertz CT molecular complexity index is 1170. The van der Waals surface area contributed by atoms with E-state index in [1.165, 1.54) is 11.8 Å². The molecule has 1 aromatic carbocycles. The van der Waals surface area contributed by atoms with Crippen molar-refractivity contribution in [2.24, 2.45) is 0 Å². The Morgan fingerprint density at radius 2 is 2.00 bits per heavy atom. The second-order valence-corrected chi connectivity index (χ2v) is 9.61. The molecular weight excluding hydrogens is 514 g/mol. The minimum absolute atomic E-state index is 0.00357. The van der Waals surface area contributed by atoms with Crippen LogP contribution in [0.4, 0.5) is 5.69 Å². The van der Waals surface area contributed by atoms with Gasteiger partial charge in [0.2, 0.25) is 11.8 Å². The highest BCUT2D eigenvalue weighted by Gasteiger charge is 2.28. The first-order valence-corrected chi connectivity index (χ1v) is 13.8. The Hall–Kier alpha value is -3.48. The summed E-state index contributed by atoms with van der Waals surface area (Å²) in [6, 6.07) is 8.16. The molecule has 0 aliphatic carbocycles. The Kier molecular flexibility index (Phi) is 15.4. The van der Waals surface area contributed by atoms with Crippen molar-refractivity contribution in [2.45, 2.75) is 33.4 Å². The molecule has 0 radical (unpaired) electrons. The number of aromatic nitrogens is 1. The number of aromatic amines is 1. The maximum atomic E-state index is 11.5. The van der Waals surface area contributed by atoms with E-state index in [0.29, 0.717) is 29.4 Å². The summed E-state index contributed by atoms with van der Waals surface area (Å²) in [6.45, 7) is 9.35. The molecule has 0 bridgehead atoms. The van der Waals surface area contributed by atoms with Gasteiger partial charge in [-0.1, -0.05) is 17.8 Å². The van der Waals surface area contributed by atoms with Gasteiger partial charge in [-0.25, -0.2) is 0 Å². The zero-order valence-electron chi connectivity index (χ0n) is 23.5. The van der Waals surface area contributed by atoms with Crippen LogP contribution in [0, 0.1) is 24.2 Å². The number of aliphatic hydroxyl groups excluding tert-OH is 1. The number of benzene rings is 1. The fraction of sp³-hybridized carbons (Fsp3) is 0.464. The summed E-state index contributed by atoms with van der Waals surface area (Å²) in [5.41, 5.74) is 3.38. The van der Waals surface area contributed by atoms with Gasteiger partial charge in [-0.05, 0) is 47.0 Å². The number of rotatable bonds is 11. The SMILES string of the molecule is C#C.CCNC(=O)C/C(C#N)=C1\SCC(=O)N1CC.CCNc1ccc2c(C(O)NCCN(C)C)c[nH]c2c1. The number of hydrogen-bond acceptors (Lipinski definition) is 8. The Labute approximate surface area is 236 Å².